The first-order chi connectivity index (χ1) is 12.9. The third kappa shape index (κ3) is 3.39. The van der Waals surface area contributed by atoms with E-state index in [1.807, 2.05) is 19.1 Å². The molecule has 0 spiro atoms. The van der Waals surface area contributed by atoms with Crippen LogP contribution < -0.4 is 5.73 Å². The van der Waals surface area contributed by atoms with Crippen LogP contribution in [0.2, 0.25) is 0 Å². The minimum atomic E-state index is -3.61. The Labute approximate surface area is 156 Å². The topological polar surface area (TPSA) is 126 Å². The maximum Gasteiger partial charge on any atom is 0.206 e. The summed E-state index contributed by atoms with van der Waals surface area (Å²) in [6.07, 6.45) is 0. The van der Waals surface area contributed by atoms with Crippen molar-refractivity contribution in [1.29, 1.82) is 10.5 Å². The second-order valence-corrected chi connectivity index (χ2v) is 7.89. The van der Waals surface area contributed by atoms with E-state index in [0.717, 1.165) is 11.1 Å². The van der Waals surface area contributed by atoms with E-state index in [4.69, 9.17) is 11.0 Å². The van der Waals surface area contributed by atoms with Crippen molar-refractivity contribution in [1.82, 2.24) is 9.55 Å². The van der Waals surface area contributed by atoms with Gasteiger partial charge in [-0.3, -0.25) is 4.57 Å². The van der Waals surface area contributed by atoms with Crippen molar-refractivity contribution in [2.45, 2.75) is 23.3 Å². The lowest BCUT2D eigenvalue weighted by atomic mass is 10.2. The Kier molecular flexibility index (Phi) is 4.68. The van der Waals surface area contributed by atoms with Crippen molar-refractivity contribution in [2.24, 2.45) is 0 Å². The van der Waals surface area contributed by atoms with E-state index in [2.05, 4.69) is 4.98 Å². The molecule has 7 nitrogen and oxygen atoms in total. The van der Waals surface area contributed by atoms with Gasteiger partial charge in [0.05, 0.1) is 16.3 Å². The number of nitriles is 2. The molecule has 0 unspecified atom stereocenters. The van der Waals surface area contributed by atoms with Gasteiger partial charge in [0.1, 0.15) is 12.1 Å². The fourth-order valence-corrected chi connectivity index (χ4v) is 3.89. The van der Waals surface area contributed by atoms with Gasteiger partial charge in [0.2, 0.25) is 15.8 Å². The van der Waals surface area contributed by atoms with Crippen LogP contribution in [-0.2, 0) is 16.4 Å². The average molecular weight is 377 g/mol. The minimum Gasteiger partial charge on any atom is -0.369 e. The smallest absolute Gasteiger partial charge is 0.206 e. The predicted molar refractivity (Wildman–Crippen MR) is 98.2 cm³/mol. The van der Waals surface area contributed by atoms with Crippen molar-refractivity contribution in [3.05, 3.63) is 71.0 Å². The van der Waals surface area contributed by atoms with Crippen LogP contribution in [0.4, 0.5) is 5.95 Å². The predicted octanol–water partition coefficient (Wildman–Crippen LogP) is 2.40. The van der Waals surface area contributed by atoms with E-state index in [-0.39, 0.29) is 33.7 Å². The first-order valence-electron chi connectivity index (χ1n) is 7.93. The SMILES string of the molecule is Cc1ccc(S(=O)(=O)c2ccc(Cn3c(N)nc(C#N)c3C#N)cc2)cc1. The second kappa shape index (κ2) is 6.94. The largest absolute Gasteiger partial charge is 0.369 e. The molecule has 1 aromatic heterocycles. The summed E-state index contributed by atoms with van der Waals surface area (Å²) in [6, 6.07) is 16.7. The summed E-state index contributed by atoms with van der Waals surface area (Å²) in [4.78, 5) is 4.26. The Morgan fingerprint density at radius 1 is 1.00 bits per heavy atom. The molecule has 27 heavy (non-hydrogen) atoms. The van der Waals surface area contributed by atoms with E-state index >= 15 is 0 Å². The summed E-state index contributed by atoms with van der Waals surface area (Å²) in [5.74, 6) is 0.0550. The molecule has 2 aromatic carbocycles. The number of nitrogens with zero attached hydrogens (tertiary/aromatic N) is 4. The number of aryl methyl sites for hydroxylation is 1. The van der Waals surface area contributed by atoms with Gasteiger partial charge in [0.15, 0.2) is 11.4 Å². The quantitative estimate of drug-likeness (QED) is 0.744. The van der Waals surface area contributed by atoms with Gasteiger partial charge >= 0.3 is 0 Å². The first kappa shape index (κ1) is 18.2. The molecule has 0 radical (unpaired) electrons. The van der Waals surface area contributed by atoms with E-state index in [1.54, 1.807) is 36.4 Å². The molecule has 3 rings (SSSR count). The standard InChI is InChI=1S/C19H15N5O2S/c1-13-2-6-15(7-3-13)27(25,26)16-8-4-14(5-9-16)12-24-18(11-21)17(10-20)23-19(24)22/h2-9H,12H2,1H3,(H2,22,23). The van der Waals surface area contributed by atoms with E-state index < -0.39 is 9.84 Å². The molecule has 8 heteroatoms. The van der Waals surface area contributed by atoms with E-state index in [9.17, 15) is 13.7 Å². The number of aromatic nitrogens is 2. The maximum atomic E-state index is 12.7. The lowest BCUT2D eigenvalue weighted by molar-refractivity contribution is 0.596. The van der Waals surface area contributed by atoms with Crippen molar-refractivity contribution in [3.8, 4) is 12.1 Å². The lowest BCUT2D eigenvalue weighted by Gasteiger charge is -2.09. The number of benzene rings is 2. The number of hydrogen-bond donors (Lipinski definition) is 1. The van der Waals surface area contributed by atoms with Gasteiger partial charge in [0, 0.05) is 0 Å². The summed E-state index contributed by atoms with van der Waals surface area (Å²) < 4.78 is 26.8. The van der Waals surface area contributed by atoms with Gasteiger partial charge < -0.3 is 5.73 Å². The number of nitrogen functional groups attached to an aromatic ring is 1. The van der Waals surface area contributed by atoms with Gasteiger partial charge in [-0.2, -0.15) is 10.5 Å². The number of sulfone groups is 1. The Bertz CT molecular complexity index is 1180. The van der Waals surface area contributed by atoms with Crippen molar-refractivity contribution < 1.29 is 8.42 Å². The third-order valence-corrected chi connectivity index (χ3v) is 5.90. The van der Waals surface area contributed by atoms with Crippen molar-refractivity contribution >= 4 is 15.8 Å². The molecule has 1 heterocycles. The Morgan fingerprint density at radius 3 is 2.07 bits per heavy atom. The van der Waals surface area contributed by atoms with Crippen LogP contribution in [0.5, 0.6) is 0 Å². The molecular formula is C19H15N5O2S. The second-order valence-electron chi connectivity index (χ2n) is 5.94. The van der Waals surface area contributed by atoms with Crippen LogP contribution in [0, 0.1) is 29.6 Å². The summed E-state index contributed by atoms with van der Waals surface area (Å²) >= 11 is 0. The zero-order valence-corrected chi connectivity index (χ0v) is 15.2. The molecule has 2 N–H and O–H groups in total. The summed E-state index contributed by atoms with van der Waals surface area (Å²) in [7, 11) is -3.61. The molecule has 0 aliphatic rings. The number of hydrogen-bond acceptors (Lipinski definition) is 6. The monoisotopic (exact) mass is 377 g/mol. The molecule has 0 aliphatic heterocycles. The van der Waals surface area contributed by atoms with Crippen LogP contribution in [-0.4, -0.2) is 18.0 Å². The molecule has 0 saturated heterocycles. The zero-order chi connectivity index (χ0) is 19.6. The highest BCUT2D eigenvalue weighted by molar-refractivity contribution is 7.91. The van der Waals surface area contributed by atoms with Gasteiger partial charge in [-0.05, 0) is 36.8 Å². The number of anilines is 1. The molecule has 0 aliphatic carbocycles. The first-order valence-corrected chi connectivity index (χ1v) is 9.42. The molecule has 134 valence electrons. The summed E-state index contributed by atoms with van der Waals surface area (Å²) in [5.41, 5.74) is 7.53. The molecule has 3 aromatic rings. The average Bonchev–Trinajstić information content (AvgIpc) is 2.97. The highest BCUT2D eigenvalue weighted by atomic mass is 32.2. The van der Waals surface area contributed by atoms with Crippen LogP contribution in [0.25, 0.3) is 0 Å². The molecule has 0 atom stereocenters. The van der Waals surface area contributed by atoms with E-state index in [1.165, 1.54) is 16.7 Å². The summed E-state index contributed by atoms with van der Waals surface area (Å²) in [5, 5.41) is 18.2. The van der Waals surface area contributed by atoms with Crippen LogP contribution in [0.3, 0.4) is 0 Å². The molecule has 0 bridgehead atoms. The Balaban J connectivity index is 1.91. The van der Waals surface area contributed by atoms with Crippen molar-refractivity contribution in [3.63, 3.8) is 0 Å². The highest BCUT2D eigenvalue weighted by Crippen LogP contribution is 2.22. The van der Waals surface area contributed by atoms with Gasteiger partial charge in [-0.1, -0.05) is 29.8 Å². The number of rotatable bonds is 4. The Hall–Kier alpha value is -3.62. The number of imidazole rings is 1. The maximum absolute atomic E-state index is 12.7. The van der Waals surface area contributed by atoms with E-state index in [0.29, 0.717) is 0 Å². The minimum absolute atomic E-state index is 0.0337. The highest BCUT2D eigenvalue weighted by Gasteiger charge is 2.18. The Morgan fingerprint density at radius 2 is 1.56 bits per heavy atom. The molecular weight excluding hydrogens is 362 g/mol. The third-order valence-electron chi connectivity index (χ3n) is 4.11. The number of nitrogens with two attached hydrogens (primary N) is 1. The van der Waals surface area contributed by atoms with Crippen LogP contribution in [0.15, 0.2) is 58.3 Å². The molecule has 0 amide bonds. The van der Waals surface area contributed by atoms with Crippen molar-refractivity contribution in [2.75, 3.05) is 5.73 Å². The van der Waals surface area contributed by atoms with Gasteiger partial charge in [-0.15, -0.1) is 0 Å². The molecule has 0 saturated carbocycles. The van der Waals surface area contributed by atoms with Gasteiger partial charge in [0.25, 0.3) is 0 Å². The zero-order valence-electron chi connectivity index (χ0n) is 14.4. The fraction of sp³-hybridized carbons (Fsp3) is 0.105. The molecule has 0 fully saturated rings. The van der Waals surface area contributed by atoms with Gasteiger partial charge in [-0.25, -0.2) is 13.4 Å². The fourth-order valence-electron chi connectivity index (χ4n) is 2.63. The van der Waals surface area contributed by atoms with Crippen LogP contribution >= 0.6 is 0 Å². The lowest BCUT2D eigenvalue weighted by Crippen LogP contribution is -2.07. The van der Waals surface area contributed by atoms with Crippen LogP contribution in [0.1, 0.15) is 22.5 Å². The summed E-state index contributed by atoms with van der Waals surface area (Å²) in [6.45, 7) is 2.09. The normalized spacial score (nSPS) is 10.9.